The number of hydrogen-bond donors (Lipinski definition) is 0. The van der Waals surface area contributed by atoms with Crippen LogP contribution in [0.15, 0.2) is 47.9 Å². The van der Waals surface area contributed by atoms with Crippen LogP contribution < -0.4 is 0 Å². The smallest absolute Gasteiger partial charge is 0.337 e. The first-order valence-electron chi connectivity index (χ1n) is 6.09. The van der Waals surface area contributed by atoms with Gasteiger partial charge in [-0.1, -0.05) is 30.9 Å². The Kier molecular flexibility index (Phi) is 4.48. The Morgan fingerprint density at radius 3 is 2.85 bits per heavy atom. The molecule has 3 nitrogen and oxygen atoms in total. The zero-order valence-corrected chi connectivity index (χ0v) is 12.2. The summed E-state index contributed by atoms with van der Waals surface area (Å²) in [5, 5.41) is 1.94. The number of esters is 1. The van der Waals surface area contributed by atoms with E-state index in [-0.39, 0.29) is 0 Å². The Morgan fingerprint density at radius 1 is 1.40 bits per heavy atom. The molecule has 0 amide bonds. The number of aryl methyl sites for hydroxylation is 1. The maximum atomic E-state index is 11.3. The minimum atomic E-state index is -0.426. The summed E-state index contributed by atoms with van der Waals surface area (Å²) < 4.78 is 8.99. The van der Waals surface area contributed by atoms with Crippen molar-refractivity contribution in [2.75, 3.05) is 7.11 Å². The highest BCUT2D eigenvalue weighted by molar-refractivity contribution is 7.03. The lowest BCUT2D eigenvalue weighted by atomic mass is 9.98. The van der Waals surface area contributed by atoms with Crippen molar-refractivity contribution in [3.63, 3.8) is 0 Å². The van der Waals surface area contributed by atoms with Gasteiger partial charge < -0.3 is 4.74 Å². The molecule has 4 heteroatoms. The summed E-state index contributed by atoms with van der Waals surface area (Å²) in [6.45, 7) is 5.71. The largest absolute Gasteiger partial charge is 0.465 e. The summed E-state index contributed by atoms with van der Waals surface area (Å²) in [6, 6.07) is 8.02. The van der Waals surface area contributed by atoms with E-state index in [4.69, 9.17) is 0 Å². The van der Waals surface area contributed by atoms with E-state index < -0.39 is 5.97 Å². The summed E-state index contributed by atoms with van der Waals surface area (Å²) >= 11 is 1.42. The quantitative estimate of drug-likeness (QED) is 0.486. The fraction of sp³-hybridized carbons (Fsp3) is 0.125. The van der Waals surface area contributed by atoms with Crippen molar-refractivity contribution in [2.45, 2.75) is 6.92 Å². The van der Waals surface area contributed by atoms with Crippen LogP contribution in [0.5, 0.6) is 0 Å². The van der Waals surface area contributed by atoms with Gasteiger partial charge >= 0.3 is 5.97 Å². The van der Waals surface area contributed by atoms with Gasteiger partial charge in [0.2, 0.25) is 0 Å². The standard InChI is InChI=1S/C16H15NO2S/c1-11-5-4-6-14(15-9-10-20-17-15)13(11)8-7-12(2)16(18)19-3/h4-10H,2H2,1,3H3/b8-7-. The van der Waals surface area contributed by atoms with Crippen molar-refractivity contribution in [1.82, 2.24) is 4.37 Å². The molecule has 0 radical (unpaired) electrons. The predicted molar refractivity (Wildman–Crippen MR) is 82.5 cm³/mol. The molecule has 0 aliphatic rings. The zero-order chi connectivity index (χ0) is 14.5. The highest BCUT2D eigenvalue weighted by Gasteiger charge is 2.08. The molecule has 20 heavy (non-hydrogen) atoms. The highest BCUT2D eigenvalue weighted by Crippen LogP contribution is 2.27. The zero-order valence-electron chi connectivity index (χ0n) is 11.4. The molecule has 0 fully saturated rings. The molecule has 0 N–H and O–H groups in total. The van der Waals surface area contributed by atoms with Gasteiger partial charge in [-0.05, 0) is 41.7 Å². The molecule has 0 atom stereocenters. The van der Waals surface area contributed by atoms with Crippen LogP contribution in [0.1, 0.15) is 11.1 Å². The van der Waals surface area contributed by atoms with Crippen LogP contribution in [0.3, 0.4) is 0 Å². The van der Waals surface area contributed by atoms with Gasteiger partial charge in [0.1, 0.15) is 0 Å². The van der Waals surface area contributed by atoms with Crippen molar-refractivity contribution in [3.05, 3.63) is 59.0 Å². The number of ether oxygens (including phenoxy) is 1. The Morgan fingerprint density at radius 2 is 2.20 bits per heavy atom. The third kappa shape index (κ3) is 3.03. The molecule has 1 aromatic heterocycles. The molecular formula is C16H15NO2S. The average molecular weight is 285 g/mol. The number of aromatic nitrogens is 1. The third-order valence-corrected chi connectivity index (χ3v) is 3.50. The molecule has 1 aromatic carbocycles. The van der Waals surface area contributed by atoms with E-state index in [2.05, 4.69) is 15.7 Å². The van der Waals surface area contributed by atoms with Gasteiger partial charge in [-0.3, -0.25) is 0 Å². The van der Waals surface area contributed by atoms with Crippen LogP contribution in [0.2, 0.25) is 0 Å². The van der Waals surface area contributed by atoms with E-state index in [0.717, 1.165) is 22.4 Å². The van der Waals surface area contributed by atoms with Gasteiger partial charge in [0, 0.05) is 10.9 Å². The molecule has 0 aliphatic carbocycles. The second-order valence-corrected chi connectivity index (χ2v) is 4.94. The molecule has 102 valence electrons. The second kappa shape index (κ2) is 6.30. The van der Waals surface area contributed by atoms with Gasteiger partial charge in [0.15, 0.2) is 0 Å². The molecule has 0 saturated carbocycles. The number of carbonyl (C=O) groups is 1. The van der Waals surface area contributed by atoms with Crippen molar-refractivity contribution in [2.24, 2.45) is 0 Å². The lowest BCUT2D eigenvalue weighted by Gasteiger charge is -2.07. The SMILES string of the molecule is C=C(/C=C\c1c(C)cccc1-c1ccsn1)C(=O)OC. The van der Waals surface area contributed by atoms with Crippen molar-refractivity contribution in [1.29, 1.82) is 0 Å². The monoisotopic (exact) mass is 285 g/mol. The normalized spacial score (nSPS) is 10.7. The van der Waals surface area contributed by atoms with Crippen LogP contribution in [0.25, 0.3) is 17.3 Å². The van der Waals surface area contributed by atoms with Crippen LogP contribution in [-0.4, -0.2) is 17.5 Å². The maximum absolute atomic E-state index is 11.3. The number of methoxy groups -OCH3 is 1. The van der Waals surface area contributed by atoms with Gasteiger partial charge in [-0.2, -0.15) is 4.37 Å². The van der Waals surface area contributed by atoms with Gasteiger partial charge in [-0.15, -0.1) is 0 Å². The molecule has 0 unspecified atom stereocenters. The fourth-order valence-corrected chi connectivity index (χ4v) is 2.38. The molecule has 0 bridgehead atoms. The lowest BCUT2D eigenvalue weighted by molar-refractivity contribution is -0.135. The Hall–Kier alpha value is -2.20. The van der Waals surface area contributed by atoms with E-state index in [1.54, 1.807) is 6.08 Å². The molecule has 1 heterocycles. The van der Waals surface area contributed by atoms with Crippen LogP contribution >= 0.6 is 11.5 Å². The molecule has 0 spiro atoms. The number of carbonyl (C=O) groups excluding carboxylic acids is 1. The van der Waals surface area contributed by atoms with Crippen LogP contribution in [0, 0.1) is 6.92 Å². The van der Waals surface area contributed by atoms with E-state index in [1.165, 1.54) is 18.6 Å². The first-order valence-corrected chi connectivity index (χ1v) is 6.93. The topological polar surface area (TPSA) is 39.2 Å². The summed E-state index contributed by atoms with van der Waals surface area (Å²) in [6.07, 6.45) is 3.55. The summed E-state index contributed by atoms with van der Waals surface area (Å²) in [5.74, 6) is -0.426. The molecule has 0 aliphatic heterocycles. The van der Waals surface area contributed by atoms with Crippen LogP contribution in [0.4, 0.5) is 0 Å². The van der Waals surface area contributed by atoms with Crippen molar-refractivity contribution >= 4 is 23.6 Å². The Balaban J connectivity index is 2.39. The minimum Gasteiger partial charge on any atom is -0.465 e. The van der Waals surface area contributed by atoms with E-state index in [1.807, 2.05) is 42.6 Å². The van der Waals surface area contributed by atoms with Gasteiger partial charge in [-0.25, -0.2) is 4.79 Å². The summed E-state index contributed by atoms with van der Waals surface area (Å²) in [5.41, 5.74) is 4.44. The second-order valence-electron chi connectivity index (χ2n) is 4.27. The van der Waals surface area contributed by atoms with E-state index >= 15 is 0 Å². The molecule has 0 saturated heterocycles. The Labute approximate surface area is 122 Å². The Bertz CT molecular complexity index is 657. The van der Waals surface area contributed by atoms with Crippen molar-refractivity contribution < 1.29 is 9.53 Å². The summed E-state index contributed by atoms with van der Waals surface area (Å²) in [4.78, 5) is 11.3. The number of hydrogen-bond acceptors (Lipinski definition) is 4. The van der Waals surface area contributed by atoms with E-state index in [0.29, 0.717) is 5.57 Å². The first-order chi connectivity index (χ1) is 9.63. The molecule has 2 aromatic rings. The highest BCUT2D eigenvalue weighted by atomic mass is 32.1. The first kappa shape index (κ1) is 14.2. The summed E-state index contributed by atoms with van der Waals surface area (Å²) in [7, 11) is 1.34. The lowest BCUT2D eigenvalue weighted by Crippen LogP contribution is -2.00. The van der Waals surface area contributed by atoms with Gasteiger partial charge in [0.05, 0.1) is 18.4 Å². The maximum Gasteiger partial charge on any atom is 0.337 e. The number of benzene rings is 1. The molecule has 2 rings (SSSR count). The van der Waals surface area contributed by atoms with Gasteiger partial charge in [0.25, 0.3) is 0 Å². The predicted octanol–water partition coefficient (Wildman–Crippen LogP) is 3.86. The molecular weight excluding hydrogens is 270 g/mol. The minimum absolute atomic E-state index is 0.319. The number of rotatable bonds is 4. The van der Waals surface area contributed by atoms with E-state index in [9.17, 15) is 4.79 Å². The third-order valence-electron chi connectivity index (χ3n) is 2.94. The average Bonchev–Trinajstić information content (AvgIpc) is 2.98. The van der Waals surface area contributed by atoms with Crippen molar-refractivity contribution in [3.8, 4) is 11.3 Å². The van der Waals surface area contributed by atoms with Crippen LogP contribution in [-0.2, 0) is 9.53 Å². The number of nitrogens with zero attached hydrogens (tertiary/aromatic N) is 1. The fourth-order valence-electron chi connectivity index (χ4n) is 1.86.